The van der Waals surface area contributed by atoms with Gasteiger partial charge in [-0.15, -0.1) is 12.8 Å². The smallest absolute Gasteiger partial charge is 1.00 e. The molecule has 0 spiro atoms. The molecule has 0 aromatic carbocycles. The largest absolute Gasteiger partial charge is 1.00 e. The second-order valence-corrected chi connectivity index (χ2v) is 22.9. The molecule has 0 saturated carbocycles. The zero-order valence-electron chi connectivity index (χ0n) is 21.2. The number of hydrogen-bond donors (Lipinski definition) is 0. The van der Waals surface area contributed by atoms with Crippen molar-refractivity contribution in [3.63, 3.8) is 0 Å². The molecule has 0 amide bonds. The second-order valence-electron chi connectivity index (χ2n) is 10.1. The Morgan fingerprint density at radius 1 is 0.767 bits per heavy atom. The van der Waals surface area contributed by atoms with Crippen LogP contribution in [0.25, 0.3) is 0 Å². The second kappa shape index (κ2) is 17.1. The molecular formula is C26H44Cl2HfSi-2. The van der Waals surface area contributed by atoms with E-state index < -0.39 is 0 Å². The van der Waals surface area contributed by atoms with Gasteiger partial charge in [0, 0.05) is 0 Å². The van der Waals surface area contributed by atoms with E-state index in [4.69, 9.17) is 0 Å². The van der Waals surface area contributed by atoms with Crippen molar-refractivity contribution >= 4 is 5.49 Å². The van der Waals surface area contributed by atoms with E-state index in [1.54, 1.807) is 11.1 Å². The number of allylic oxidation sites excluding steroid dienone is 8. The summed E-state index contributed by atoms with van der Waals surface area (Å²) < 4.78 is 0. The topological polar surface area (TPSA) is 0 Å². The molecule has 172 valence electrons. The van der Waals surface area contributed by atoms with Crippen LogP contribution in [0.5, 0.6) is 0 Å². The van der Waals surface area contributed by atoms with Crippen LogP contribution in [0.4, 0.5) is 0 Å². The Bertz CT molecular complexity index is 572. The van der Waals surface area contributed by atoms with Crippen molar-refractivity contribution in [1.82, 2.24) is 0 Å². The minimum atomic E-state index is 0. The van der Waals surface area contributed by atoms with Crippen LogP contribution in [-0.4, -0.2) is 5.49 Å². The third-order valence-electron chi connectivity index (χ3n) is 4.47. The predicted molar refractivity (Wildman–Crippen MR) is 125 cm³/mol. The van der Waals surface area contributed by atoms with E-state index in [2.05, 4.69) is 92.8 Å². The molecule has 0 N–H and O–H groups in total. The quantitative estimate of drug-likeness (QED) is 0.330. The monoisotopic (exact) mass is 634 g/mol. The fraction of sp³-hybridized carbons (Fsp3) is 0.692. The van der Waals surface area contributed by atoms with Crippen LogP contribution in [0.2, 0.25) is 13.1 Å². The van der Waals surface area contributed by atoms with Gasteiger partial charge in [0.25, 0.3) is 0 Å². The summed E-state index contributed by atoms with van der Waals surface area (Å²) in [7, 11) is 0. The first kappa shape index (κ1) is 35.2. The first-order chi connectivity index (χ1) is 12.8. The van der Waals surface area contributed by atoms with Crippen molar-refractivity contribution in [2.75, 3.05) is 0 Å². The summed E-state index contributed by atoms with van der Waals surface area (Å²) in [5.74, 6) is 0. The van der Waals surface area contributed by atoms with Gasteiger partial charge in [0.2, 0.25) is 0 Å². The van der Waals surface area contributed by atoms with Crippen LogP contribution in [0.15, 0.2) is 34.4 Å². The van der Waals surface area contributed by atoms with Crippen molar-refractivity contribution < 1.29 is 47.8 Å². The molecule has 2 rings (SSSR count). The van der Waals surface area contributed by atoms with E-state index >= 15 is 0 Å². The van der Waals surface area contributed by atoms with Crippen LogP contribution in [0.1, 0.15) is 93.9 Å². The first-order valence-corrected chi connectivity index (χ1v) is 18.8. The molecule has 0 aliphatic heterocycles. The Labute approximate surface area is 216 Å². The average Bonchev–Trinajstić information content (AvgIpc) is 3.16. The van der Waals surface area contributed by atoms with Gasteiger partial charge in [-0.1, -0.05) is 68.2 Å². The summed E-state index contributed by atoms with van der Waals surface area (Å²) in [6.45, 7) is 22.6. The van der Waals surface area contributed by atoms with Crippen LogP contribution >= 0.6 is 0 Å². The van der Waals surface area contributed by atoms with Crippen LogP contribution in [-0.2, 0) is 23.0 Å². The third-order valence-corrected chi connectivity index (χ3v) is 4.47. The van der Waals surface area contributed by atoms with Gasteiger partial charge in [0.15, 0.2) is 0 Å². The average molecular weight is 634 g/mol. The van der Waals surface area contributed by atoms with Gasteiger partial charge in [-0.2, -0.15) is 11.1 Å². The van der Waals surface area contributed by atoms with Gasteiger partial charge in [0.05, 0.1) is 0 Å². The minimum Gasteiger partial charge on any atom is -1.00 e. The van der Waals surface area contributed by atoms with E-state index in [0.29, 0.717) is 0 Å². The van der Waals surface area contributed by atoms with Crippen LogP contribution in [0.3, 0.4) is 0 Å². The van der Waals surface area contributed by atoms with E-state index in [0.717, 1.165) is 12.8 Å². The predicted octanol–water partition coefficient (Wildman–Crippen LogP) is 2.58. The maximum Gasteiger partial charge on any atom is -1.00 e. The molecule has 0 heterocycles. The Morgan fingerprint density at radius 2 is 1.03 bits per heavy atom. The van der Waals surface area contributed by atoms with Gasteiger partial charge in [-0.3, -0.25) is 12.2 Å². The molecule has 0 aromatic heterocycles. The molecule has 0 fully saturated rings. The molecular weight excluding hydrogens is 590 g/mol. The van der Waals surface area contributed by atoms with Gasteiger partial charge in [0.1, 0.15) is 0 Å². The summed E-state index contributed by atoms with van der Waals surface area (Å²) in [5.41, 5.74) is 6.74. The molecule has 30 heavy (non-hydrogen) atoms. The molecule has 2 aliphatic carbocycles. The SMILES string of the molecule is CCCC1=CC(C(C)(C)C)=[C-]C1.CCCC1=CC(C(C)(C)C)=[C-]C1.C[Si](C)=[Hf+2].[Cl-].[Cl-]. The van der Waals surface area contributed by atoms with Crippen LogP contribution < -0.4 is 24.8 Å². The van der Waals surface area contributed by atoms with Gasteiger partial charge < -0.3 is 24.8 Å². The molecule has 4 heteroatoms. The van der Waals surface area contributed by atoms with Gasteiger partial charge in [-0.25, -0.2) is 23.3 Å². The van der Waals surface area contributed by atoms with Crippen molar-refractivity contribution in [2.45, 2.75) is 107 Å². The van der Waals surface area contributed by atoms with E-state index in [1.807, 2.05) is 0 Å². The molecule has 0 nitrogen and oxygen atoms in total. The Balaban J connectivity index is -0.000000391. The Morgan fingerprint density at radius 3 is 1.20 bits per heavy atom. The fourth-order valence-corrected chi connectivity index (χ4v) is 2.96. The van der Waals surface area contributed by atoms with Gasteiger partial charge in [-0.05, 0) is 23.7 Å². The molecule has 2 aliphatic rings. The van der Waals surface area contributed by atoms with Crippen molar-refractivity contribution in [3.05, 3.63) is 46.6 Å². The van der Waals surface area contributed by atoms with Crippen molar-refractivity contribution in [1.29, 1.82) is 0 Å². The van der Waals surface area contributed by atoms with Crippen molar-refractivity contribution in [2.24, 2.45) is 10.8 Å². The summed E-state index contributed by atoms with van der Waals surface area (Å²) in [5, 5.41) is 0. The van der Waals surface area contributed by atoms with Gasteiger partial charge >= 0.3 is 41.6 Å². The molecule has 0 unspecified atom stereocenters. The zero-order chi connectivity index (χ0) is 22.0. The number of halogens is 2. The summed E-state index contributed by atoms with van der Waals surface area (Å²) in [6, 6.07) is 0. The first-order valence-electron chi connectivity index (χ1n) is 10.9. The molecule has 0 aromatic rings. The fourth-order valence-electron chi connectivity index (χ4n) is 2.96. The third kappa shape index (κ3) is 16.3. The normalized spacial score (nSPS) is 15.1. The maximum absolute atomic E-state index is 3.46. The zero-order valence-corrected chi connectivity index (χ0v) is 27.3. The number of hydrogen-bond acceptors (Lipinski definition) is 0. The molecule has 0 saturated heterocycles. The summed E-state index contributed by atoms with van der Waals surface area (Å²) in [4.78, 5) is 0. The Kier molecular flexibility index (Phi) is 20.1. The summed E-state index contributed by atoms with van der Waals surface area (Å²) >= 11 is 1.45. The maximum atomic E-state index is 3.46. The van der Waals surface area contributed by atoms with Crippen molar-refractivity contribution in [3.8, 4) is 0 Å². The van der Waals surface area contributed by atoms with E-state index in [1.165, 1.54) is 59.8 Å². The molecule has 0 radical (unpaired) electrons. The van der Waals surface area contributed by atoms with Crippen LogP contribution in [0, 0.1) is 23.0 Å². The van der Waals surface area contributed by atoms with E-state index in [-0.39, 0.29) is 41.1 Å². The van der Waals surface area contributed by atoms with E-state index in [9.17, 15) is 0 Å². The summed E-state index contributed by atoms with van der Waals surface area (Å²) in [6.07, 6.45) is 18.7. The minimum absolute atomic E-state index is 0. The molecule has 0 atom stereocenters. The Hall–Kier alpha value is 0.627. The standard InChI is InChI=1S/2C12H19.C2H6Si.2ClH.Hf/c2*1-5-6-10-7-8-11(9-10)12(2,3)4;1-3-2;;;/h2*9H,5-7H2,1-4H3;1-2H3;2*1H;/q2*-1;;;;+2/p-2. The molecule has 0 bridgehead atoms. The number of rotatable bonds is 4.